The second-order valence-electron chi connectivity index (χ2n) is 4.47. The van der Waals surface area contributed by atoms with Crippen molar-refractivity contribution in [3.8, 4) is 0 Å². The molecule has 0 heterocycles. The van der Waals surface area contributed by atoms with Crippen molar-refractivity contribution in [1.29, 1.82) is 0 Å². The van der Waals surface area contributed by atoms with Gasteiger partial charge in [-0.3, -0.25) is 9.59 Å². The molecule has 0 unspecified atom stereocenters. The zero-order valence-corrected chi connectivity index (χ0v) is 8.08. The third-order valence-electron chi connectivity index (χ3n) is 3.62. The van der Waals surface area contributed by atoms with Gasteiger partial charge in [0.25, 0.3) is 0 Å². The topological polar surface area (TPSA) is 34.1 Å². The maximum atomic E-state index is 11.6. The van der Waals surface area contributed by atoms with E-state index in [-0.39, 0.29) is 11.8 Å². The molecule has 2 heteroatoms. The van der Waals surface area contributed by atoms with Crippen molar-refractivity contribution in [2.24, 2.45) is 17.8 Å². The maximum Gasteiger partial charge on any atom is 0.137 e. The molecular weight excluding hydrogens is 164 g/mol. The van der Waals surface area contributed by atoms with Crippen LogP contribution in [0.1, 0.15) is 39.0 Å². The molecule has 0 amide bonds. The van der Waals surface area contributed by atoms with Crippen LogP contribution in [0, 0.1) is 17.8 Å². The SMILES string of the molecule is C[C@@H]1CCC[C@@H]2C(=O)CCC(=O)[C@H]12. The number of ketones is 2. The average molecular weight is 180 g/mol. The molecule has 2 fully saturated rings. The van der Waals surface area contributed by atoms with Crippen LogP contribution in [0.5, 0.6) is 0 Å². The lowest BCUT2D eigenvalue weighted by molar-refractivity contribution is -0.141. The highest BCUT2D eigenvalue weighted by Gasteiger charge is 2.42. The largest absolute Gasteiger partial charge is 0.299 e. The quantitative estimate of drug-likeness (QED) is 0.571. The van der Waals surface area contributed by atoms with Gasteiger partial charge in [-0.15, -0.1) is 0 Å². The minimum absolute atomic E-state index is 0.0787. The Morgan fingerprint density at radius 1 is 1.08 bits per heavy atom. The van der Waals surface area contributed by atoms with Gasteiger partial charge >= 0.3 is 0 Å². The first-order valence-corrected chi connectivity index (χ1v) is 5.25. The molecule has 0 radical (unpaired) electrons. The number of hydrogen-bond donors (Lipinski definition) is 0. The lowest BCUT2D eigenvalue weighted by Crippen LogP contribution is -2.41. The Balaban J connectivity index is 2.22. The van der Waals surface area contributed by atoms with Crippen molar-refractivity contribution in [2.75, 3.05) is 0 Å². The number of carbonyl (C=O) groups excluding carboxylic acids is 2. The highest BCUT2D eigenvalue weighted by molar-refractivity contribution is 5.96. The minimum atomic E-state index is 0.0787. The zero-order chi connectivity index (χ0) is 9.42. The number of fused-ring (bicyclic) bond motifs is 1. The van der Waals surface area contributed by atoms with Crippen LogP contribution in [0.3, 0.4) is 0 Å². The Kier molecular flexibility index (Phi) is 2.22. The molecule has 0 bridgehead atoms. The Hall–Kier alpha value is -0.660. The second kappa shape index (κ2) is 3.24. The maximum absolute atomic E-state index is 11.6. The summed E-state index contributed by atoms with van der Waals surface area (Å²) in [5.74, 6) is 1.29. The van der Waals surface area contributed by atoms with E-state index in [2.05, 4.69) is 6.92 Å². The van der Waals surface area contributed by atoms with Gasteiger partial charge in [-0.1, -0.05) is 13.3 Å². The first kappa shape index (κ1) is 8.92. The summed E-state index contributed by atoms with van der Waals surface area (Å²) < 4.78 is 0. The lowest BCUT2D eigenvalue weighted by atomic mass is 9.65. The van der Waals surface area contributed by atoms with E-state index in [1.54, 1.807) is 0 Å². The summed E-state index contributed by atoms with van der Waals surface area (Å²) in [6.45, 7) is 2.12. The van der Waals surface area contributed by atoms with Crippen LogP contribution in [0.15, 0.2) is 0 Å². The normalized spacial score (nSPS) is 40.2. The van der Waals surface area contributed by atoms with Crippen molar-refractivity contribution in [3.05, 3.63) is 0 Å². The van der Waals surface area contributed by atoms with Gasteiger partial charge in [-0.25, -0.2) is 0 Å². The highest BCUT2D eigenvalue weighted by atomic mass is 16.1. The van der Waals surface area contributed by atoms with Gasteiger partial charge in [0.15, 0.2) is 0 Å². The van der Waals surface area contributed by atoms with E-state index in [4.69, 9.17) is 0 Å². The second-order valence-corrected chi connectivity index (χ2v) is 4.47. The molecule has 3 atom stereocenters. The summed E-state index contributed by atoms with van der Waals surface area (Å²) >= 11 is 0. The number of rotatable bonds is 0. The molecule has 72 valence electrons. The minimum Gasteiger partial charge on any atom is -0.299 e. The zero-order valence-electron chi connectivity index (χ0n) is 8.08. The molecule has 2 aliphatic rings. The summed E-state index contributed by atoms with van der Waals surface area (Å²) in [6.07, 6.45) is 4.22. The molecule has 0 aromatic heterocycles. The predicted octanol–water partition coefficient (Wildman–Crippen LogP) is 1.97. The van der Waals surface area contributed by atoms with E-state index in [1.165, 1.54) is 0 Å². The van der Waals surface area contributed by atoms with Gasteiger partial charge in [0.1, 0.15) is 11.6 Å². The first-order valence-electron chi connectivity index (χ1n) is 5.25. The van der Waals surface area contributed by atoms with Gasteiger partial charge in [-0.05, 0) is 18.8 Å². The van der Waals surface area contributed by atoms with Gasteiger partial charge < -0.3 is 0 Å². The Labute approximate surface area is 78.7 Å². The third-order valence-corrected chi connectivity index (χ3v) is 3.62. The van der Waals surface area contributed by atoms with E-state index >= 15 is 0 Å². The molecule has 0 aliphatic heterocycles. The average Bonchev–Trinajstić information content (AvgIpc) is 2.12. The molecule has 2 nitrogen and oxygen atoms in total. The molecule has 0 spiro atoms. The van der Waals surface area contributed by atoms with Gasteiger partial charge in [0, 0.05) is 24.7 Å². The van der Waals surface area contributed by atoms with Crippen LogP contribution in [0.25, 0.3) is 0 Å². The fraction of sp³-hybridized carbons (Fsp3) is 0.818. The van der Waals surface area contributed by atoms with Crippen molar-refractivity contribution < 1.29 is 9.59 Å². The predicted molar refractivity (Wildman–Crippen MR) is 49.2 cm³/mol. The van der Waals surface area contributed by atoms with Gasteiger partial charge in [0.2, 0.25) is 0 Å². The van der Waals surface area contributed by atoms with Gasteiger partial charge in [0.05, 0.1) is 0 Å². The molecule has 13 heavy (non-hydrogen) atoms. The van der Waals surface area contributed by atoms with E-state index in [0.29, 0.717) is 30.3 Å². The molecule has 0 aromatic rings. The van der Waals surface area contributed by atoms with Crippen molar-refractivity contribution in [2.45, 2.75) is 39.0 Å². The Bertz CT molecular complexity index is 244. The van der Waals surface area contributed by atoms with Crippen molar-refractivity contribution >= 4 is 11.6 Å². The monoisotopic (exact) mass is 180 g/mol. The fourth-order valence-corrected chi connectivity index (χ4v) is 2.92. The standard InChI is InChI=1S/C11H16O2/c1-7-3-2-4-8-9(12)5-6-10(13)11(7)8/h7-8,11H,2-6H2,1H3/t7-,8-,11-/m1/s1. The number of Topliss-reactive ketones (excluding diaryl/α,β-unsaturated/α-hetero) is 2. The molecule has 2 aliphatic carbocycles. The highest BCUT2D eigenvalue weighted by Crippen LogP contribution is 2.39. The van der Waals surface area contributed by atoms with E-state index in [0.717, 1.165) is 19.3 Å². The smallest absolute Gasteiger partial charge is 0.137 e. The number of carbonyl (C=O) groups is 2. The van der Waals surface area contributed by atoms with Crippen LogP contribution in [-0.4, -0.2) is 11.6 Å². The summed E-state index contributed by atoms with van der Waals surface area (Å²) in [4.78, 5) is 23.2. The summed E-state index contributed by atoms with van der Waals surface area (Å²) in [5, 5.41) is 0. The van der Waals surface area contributed by atoms with Crippen LogP contribution >= 0.6 is 0 Å². The van der Waals surface area contributed by atoms with Crippen molar-refractivity contribution in [1.82, 2.24) is 0 Å². The molecule has 2 saturated carbocycles. The fourth-order valence-electron chi connectivity index (χ4n) is 2.92. The molecule has 0 N–H and O–H groups in total. The lowest BCUT2D eigenvalue weighted by Gasteiger charge is -2.37. The number of hydrogen-bond acceptors (Lipinski definition) is 2. The molecule has 0 aromatic carbocycles. The summed E-state index contributed by atoms with van der Waals surface area (Å²) in [5.41, 5.74) is 0. The van der Waals surface area contributed by atoms with Gasteiger partial charge in [-0.2, -0.15) is 0 Å². The molecular formula is C11H16O2. The molecule has 2 rings (SSSR count). The Morgan fingerprint density at radius 3 is 2.46 bits per heavy atom. The Morgan fingerprint density at radius 2 is 1.77 bits per heavy atom. The van der Waals surface area contributed by atoms with Crippen LogP contribution < -0.4 is 0 Å². The van der Waals surface area contributed by atoms with E-state index in [9.17, 15) is 9.59 Å². The van der Waals surface area contributed by atoms with Crippen LogP contribution in [-0.2, 0) is 9.59 Å². The first-order chi connectivity index (χ1) is 6.20. The summed E-state index contributed by atoms with van der Waals surface area (Å²) in [7, 11) is 0. The van der Waals surface area contributed by atoms with Crippen molar-refractivity contribution in [3.63, 3.8) is 0 Å². The van der Waals surface area contributed by atoms with E-state index < -0.39 is 0 Å². The van der Waals surface area contributed by atoms with Crippen LogP contribution in [0.4, 0.5) is 0 Å². The van der Waals surface area contributed by atoms with E-state index in [1.807, 2.05) is 0 Å². The third kappa shape index (κ3) is 1.43. The van der Waals surface area contributed by atoms with Crippen LogP contribution in [0.2, 0.25) is 0 Å². The summed E-state index contributed by atoms with van der Waals surface area (Å²) in [6, 6.07) is 0. The molecule has 0 saturated heterocycles.